The Balaban J connectivity index is 2.40. The van der Waals surface area contributed by atoms with Crippen LogP contribution in [-0.2, 0) is 4.74 Å². The van der Waals surface area contributed by atoms with Gasteiger partial charge in [0, 0.05) is 6.42 Å². The van der Waals surface area contributed by atoms with E-state index in [2.05, 4.69) is 0 Å². The van der Waals surface area contributed by atoms with Crippen molar-refractivity contribution in [1.82, 2.24) is 0 Å². The van der Waals surface area contributed by atoms with E-state index in [1.54, 1.807) is 6.92 Å². The average Bonchev–Trinajstić information content (AvgIpc) is 1.84. The van der Waals surface area contributed by atoms with E-state index in [0.717, 1.165) is 12.8 Å². The molecular formula is C5H10O2. The highest BCUT2D eigenvalue weighted by Crippen LogP contribution is 2.20. The summed E-state index contributed by atoms with van der Waals surface area (Å²) in [6.45, 7) is 2.41. The molecule has 1 atom stereocenters. The molecule has 1 heterocycles. The molecule has 0 aromatic carbocycles. The zero-order valence-electron chi connectivity index (χ0n) is 4.48. The molecule has 2 nitrogen and oxygen atoms in total. The van der Waals surface area contributed by atoms with Crippen molar-refractivity contribution in [3.8, 4) is 0 Å². The quantitative estimate of drug-likeness (QED) is 0.482. The van der Waals surface area contributed by atoms with E-state index in [0.29, 0.717) is 6.61 Å². The summed E-state index contributed by atoms with van der Waals surface area (Å²) in [6, 6.07) is 0. The van der Waals surface area contributed by atoms with Crippen LogP contribution in [-0.4, -0.2) is 17.5 Å². The molecule has 0 bridgehead atoms. The van der Waals surface area contributed by atoms with Crippen molar-refractivity contribution >= 4 is 0 Å². The highest BCUT2D eigenvalue weighted by Gasteiger charge is 2.25. The first-order valence-corrected chi connectivity index (χ1v) is 2.57. The number of hydrogen-bond donors (Lipinski definition) is 1. The summed E-state index contributed by atoms with van der Waals surface area (Å²) in [5, 5.41) is 8.97. The van der Waals surface area contributed by atoms with Crippen LogP contribution in [0.25, 0.3) is 0 Å². The second kappa shape index (κ2) is 1.46. The Labute approximate surface area is 43.1 Å². The summed E-state index contributed by atoms with van der Waals surface area (Å²) in [5.41, 5.74) is 0. The zero-order chi connectivity index (χ0) is 5.33. The van der Waals surface area contributed by atoms with Gasteiger partial charge in [-0.25, -0.2) is 0 Å². The minimum Gasteiger partial charge on any atom is -0.366 e. The van der Waals surface area contributed by atoms with Crippen molar-refractivity contribution in [2.75, 3.05) is 6.61 Å². The first-order valence-electron chi connectivity index (χ1n) is 2.57. The van der Waals surface area contributed by atoms with E-state index in [1.807, 2.05) is 0 Å². The minimum absolute atomic E-state index is 0.715. The van der Waals surface area contributed by atoms with Crippen LogP contribution in [0.4, 0.5) is 0 Å². The lowest BCUT2D eigenvalue weighted by atomic mass is 10.2. The molecule has 0 aliphatic carbocycles. The molecule has 0 unspecified atom stereocenters. The summed E-state index contributed by atoms with van der Waals surface area (Å²) in [4.78, 5) is 0. The first-order chi connectivity index (χ1) is 3.21. The van der Waals surface area contributed by atoms with Gasteiger partial charge in [0.05, 0.1) is 6.61 Å². The van der Waals surface area contributed by atoms with Gasteiger partial charge in [-0.2, -0.15) is 0 Å². The Morgan fingerprint density at radius 2 is 2.43 bits per heavy atom. The molecule has 1 aliphatic rings. The highest BCUT2D eigenvalue weighted by atomic mass is 16.6. The number of aliphatic hydroxyl groups is 1. The summed E-state index contributed by atoms with van der Waals surface area (Å²) in [7, 11) is 0. The maximum Gasteiger partial charge on any atom is 0.162 e. The first kappa shape index (κ1) is 5.06. The lowest BCUT2D eigenvalue weighted by molar-refractivity contribution is -0.155. The molecule has 1 N–H and O–H groups in total. The van der Waals surface area contributed by atoms with Gasteiger partial charge in [-0.05, 0) is 13.3 Å². The van der Waals surface area contributed by atoms with E-state index in [9.17, 15) is 0 Å². The van der Waals surface area contributed by atoms with Crippen LogP contribution in [0.15, 0.2) is 0 Å². The standard InChI is InChI=1S/C5H10O2/c1-5(6)3-2-4-7-5/h6H,2-4H2,1H3/t5-/m1/s1. The van der Waals surface area contributed by atoms with E-state index in [4.69, 9.17) is 9.84 Å². The fourth-order valence-electron chi connectivity index (χ4n) is 0.764. The van der Waals surface area contributed by atoms with Crippen LogP contribution >= 0.6 is 0 Å². The molecule has 7 heavy (non-hydrogen) atoms. The predicted molar refractivity (Wildman–Crippen MR) is 25.8 cm³/mol. The van der Waals surface area contributed by atoms with Crippen LogP contribution in [0.3, 0.4) is 0 Å². The maximum atomic E-state index is 8.97. The fourth-order valence-corrected chi connectivity index (χ4v) is 0.764. The molecule has 0 spiro atoms. The van der Waals surface area contributed by atoms with Gasteiger partial charge in [0.2, 0.25) is 0 Å². The molecule has 1 aliphatic heterocycles. The summed E-state index contributed by atoms with van der Waals surface area (Å²) in [6.07, 6.45) is 1.78. The minimum atomic E-state index is -0.806. The molecule has 1 saturated heterocycles. The monoisotopic (exact) mass is 102 g/mol. The molecule has 2 heteroatoms. The number of hydrogen-bond acceptors (Lipinski definition) is 2. The maximum absolute atomic E-state index is 8.97. The molecule has 1 rings (SSSR count). The normalized spacial score (nSPS) is 42.0. The van der Waals surface area contributed by atoms with Gasteiger partial charge in [0.25, 0.3) is 0 Å². The highest BCUT2D eigenvalue weighted by molar-refractivity contribution is 4.65. The van der Waals surface area contributed by atoms with Crippen LogP contribution in [0.5, 0.6) is 0 Å². The lowest BCUT2D eigenvalue weighted by Crippen LogP contribution is -2.20. The Hall–Kier alpha value is -0.0800. The third-order valence-electron chi connectivity index (χ3n) is 1.20. The van der Waals surface area contributed by atoms with E-state index < -0.39 is 5.79 Å². The van der Waals surface area contributed by atoms with Gasteiger partial charge in [-0.15, -0.1) is 0 Å². The molecule has 0 aromatic heterocycles. The third-order valence-corrected chi connectivity index (χ3v) is 1.20. The van der Waals surface area contributed by atoms with Gasteiger partial charge in [0.15, 0.2) is 5.79 Å². The van der Waals surface area contributed by atoms with E-state index in [-0.39, 0.29) is 0 Å². The molecule has 0 aromatic rings. The zero-order valence-corrected chi connectivity index (χ0v) is 4.48. The number of rotatable bonds is 0. The molecule has 1 fully saturated rings. The molecular weight excluding hydrogens is 92.1 g/mol. The van der Waals surface area contributed by atoms with Gasteiger partial charge in [0.1, 0.15) is 0 Å². The topological polar surface area (TPSA) is 29.5 Å². The predicted octanol–water partition coefficient (Wildman–Crippen LogP) is 0.505. The lowest BCUT2D eigenvalue weighted by Gasteiger charge is -2.12. The second-order valence-electron chi connectivity index (χ2n) is 2.13. The van der Waals surface area contributed by atoms with E-state index >= 15 is 0 Å². The van der Waals surface area contributed by atoms with Crippen LogP contribution < -0.4 is 0 Å². The Kier molecular flexibility index (Phi) is 1.05. The Morgan fingerprint density at radius 3 is 2.57 bits per heavy atom. The SMILES string of the molecule is C[C@]1(O)CCCO1. The van der Waals surface area contributed by atoms with Gasteiger partial charge in [-0.3, -0.25) is 0 Å². The van der Waals surface area contributed by atoms with Crippen molar-refractivity contribution in [1.29, 1.82) is 0 Å². The van der Waals surface area contributed by atoms with Gasteiger partial charge >= 0.3 is 0 Å². The molecule has 0 saturated carbocycles. The Morgan fingerprint density at radius 1 is 1.71 bits per heavy atom. The van der Waals surface area contributed by atoms with Crippen LogP contribution in [0.2, 0.25) is 0 Å². The molecule has 0 amide bonds. The van der Waals surface area contributed by atoms with Crippen molar-refractivity contribution < 1.29 is 9.84 Å². The molecule has 42 valence electrons. The summed E-state index contributed by atoms with van der Waals surface area (Å²) >= 11 is 0. The van der Waals surface area contributed by atoms with Crippen LogP contribution in [0, 0.1) is 0 Å². The third kappa shape index (κ3) is 1.14. The van der Waals surface area contributed by atoms with Crippen molar-refractivity contribution in [3.05, 3.63) is 0 Å². The largest absolute Gasteiger partial charge is 0.366 e. The van der Waals surface area contributed by atoms with Gasteiger partial charge < -0.3 is 9.84 Å². The second-order valence-corrected chi connectivity index (χ2v) is 2.13. The van der Waals surface area contributed by atoms with Crippen molar-refractivity contribution in [2.45, 2.75) is 25.6 Å². The summed E-state index contributed by atoms with van der Waals surface area (Å²) < 4.78 is 4.90. The molecule has 0 radical (unpaired) electrons. The summed E-state index contributed by atoms with van der Waals surface area (Å²) in [5.74, 6) is -0.806. The van der Waals surface area contributed by atoms with E-state index in [1.165, 1.54) is 0 Å². The van der Waals surface area contributed by atoms with Crippen molar-refractivity contribution in [3.63, 3.8) is 0 Å². The van der Waals surface area contributed by atoms with Gasteiger partial charge in [-0.1, -0.05) is 0 Å². The number of ether oxygens (including phenoxy) is 1. The van der Waals surface area contributed by atoms with Crippen molar-refractivity contribution in [2.24, 2.45) is 0 Å². The van der Waals surface area contributed by atoms with Crippen LogP contribution in [0.1, 0.15) is 19.8 Å². The Bertz CT molecular complexity index is 60.5. The average molecular weight is 102 g/mol. The smallest absolute Gasteiger partial charge is 0.162 e. The fraction of sp³-hybridized carbons (Fsp3) is 1.00.